The van der Waals surface area contributed by atoms with Gasteiger partial charge in [0.25, 0.3) is 0 Å². The molecule has 0 radical (unpaired) electrons. The third kappa shape index (κ3) is 2.55. The lowest BCUT2D eigenvalue weighted by atomic mass is 10.2. The molecule has 1 fully saturated rings. The van der Waals surface area contributed by atoms with E-state index in [0.717, 1.165) is 12.8 Å². The lowest BCUT2D eigenvalue weighted by Gasteiger charge is -2.06. The summed E-state index contributed by atoms with van der Waals surface area (Å²) in [5.41, 5.74) is 0. The van der Waals surface area contributed by atoms with Crippen molar-refractivity contribution in [2.45, 2.75) is 25.9 Å². The topological polar surface area (TPSA) is 35.5 Å². The van der Waals surface area contributed by atoms with Gasteiger partial charge in [-0.15, -0.1) is 5.92 Å². The molecule has 0 saturated carbocycles. The zero-order valence-electron chi connectivity index (χ0n) is 7.13. The van der Waals surface area contributed by atoms with E-state index in [2.05, 4.69) is 11.8 Å². The Hall–Kier alpha value is -1.01. The highest BCUT2D eigenvalue weighted by molar-refractivity contribution is 5.75. The number of ether oxygens (including phenoxy) is 2. The van der Waals surface area contributed by atoms with Gasteiger partial charge in [-0.25, -0.2) is 4.79 Å². The summed E-state index contributed by atoms with van der Waals surface area (Å²) in [5, 5.41) is 0. The molecule has 12 heavy (non-hydrogen) atoms. The Morgan fingerprint density at radius 1 is 1.75 bits per heavy atom. The Morgan fingerprint density at radius 2 is 2.58 bits per heavy atom. The van der Waals surface area contributed by atoms with Crippen molar-refractivity contribution in [3.8, 4) is 11.8 Å². The highest BCUT2D eigenvalue weighted by Gasteiger charge is 2.24. The molecule has 1 saturated heterocycles. The second-order valence-corrected chi connectivity index (χ2v) is 2.54. The first-order valence-electron chi connectivity index (χ1n) is 4.02. The van der Waals surface area contributed by atoms with E-state index in [0.29, 0.717) is 6.61 Å². The number of hydrogen-bond acceptors (Lipinski definition) is 3. The van der Waals surface area contributed by atoms with Crippen LogP contribution in [0, 0.1) is 11.8 Å². The summed E-state index contributed by atoms with van der Waals surface area (Å²) < 4.78 is 9.95. The first-order chi connectivity index (χ1) is 5.84. The average Bonchev–Trinajstić information content (AvgIpc) is 2.56. The lowest BCUT2D eigenvalue weighted by molar-refractivity contribution is -0.152. The predicted octanol–water partition coefficient (Wildman–Crippen LogP) is 0.732. The maximum Gasteiger partial charge on any atom is 0.336 e. The summed E-state index contributed by atoms with van der Waals surface area (Å²) >= 11 is 0. The Morgan fingerprint density at radius 3 is 3.17 bits per heavy atom. The molecule has 0 aliphatic carbocycles. The van der Waals surface area contributed by atoms with Gasteiger partial charge >= 0.3 is 5.97 Å². The van der Waals surface area contributed by atoms with Crippen molar-refractivity contribution < 1.29 is 14.3 Å². The second kappa shape index (κ2) is 4.78. The van der Waals surface area contributed by atoms with Gasteiger partial charge in [0.2, 0.25) is 0 Å². The van der Waals surface area contributed by atoms with Gasteiger partial charge in [-0.3, -0.25) is 0 Å². The number of rotatable bonds is 2. The summed E-state index contributed by atoms with van der Waals surface area (Å²) in [6.07, 6.45) is 1.38. The molecule has 1 aliphatic rings. The molecule has 0 aromatic heterocycles. The molecule has 1 aliphatic heterocycles. The van der Waals surface area contributed by atoms with E-state index in [4.69, 9.17) is 9.47 Å². The molecule has 0 aromatic rings. The van der Waals surface area contributed by atoms with Crippen LogP contribution >= 0.6 is 0 Å². The Bertz CT molecular complexity index is 206. The first kappa shape index (κ1) is 9.08. The van der Waals surface area contributed by atoms with Crippen LogP contribution in [0.4, 0.5) is 0 Å². The van der Waals surface area contributed by atoms with Crippen LogP contribution < -0.4 is 0 Å². The first-order valence-corrected chi connectivity index (χ1v) is 4.02. The molecule has 0 amide bonds. The van der Waals surface area contributed by atoms with Gasteiger partial charge in [0.05, 0.1) is 0 Å². The van der Waals surface area contributed by atoms with Crippen LogP contribution in [0.2, 0.25) is 0 Å². The minimum Gasteiger partial charge on any atom is -0.451 e. The summed E-state index contributed by atoms with van der Waals surface area (Å²) in [4.78, 5) is 11.1. The number of esters is 1. The molecular formula is C9H12O3. The van der Waals surface area contributed by atoms with Crippen LogP contribution in [0.1, 0.15) is 19.8 Å². The summed E-state index contributed by atoms with van der Waals surface area (Å²) in [6.45, 7) is 2.55. The smallest absolute Gasteiger partial charge is 0.336 e. The van der Waals surface area contributed by atoms with Crippen molar-refractivity contribution >= 4 is 5.97 Å². The van der Waals surface area contributed by atoms with E-state index < -0.39 is 0 Å². The molecule has 0 unspecified atom stereocenters. The minimum atomic E-state index is -0.344. The van der Waals surface area contributed by atoms with Crippen molar-refractivity contribution in [1.29, 1.82) is 0 Å². The quantitative estimate of drug-likeness (QED) is 0.450. The fourth-order valence-electron chi connectivity index (χ4n) is 1.04. The number of carbonyl (C=O) groups excluding carboxylic acids is 1. The third-order valence-electron chi connectivity index (χ3n) is 1.66. The van der Waals surface area contributed by atoms with Crippen LogP contribution in [-0.2, 0) is 14.3 Å². The van der Waals surface area contributed by atoms with Crippen molar-refractivity contribution in [1.82, 2.24) is 0 Å². The average molecular weight is 168 g/mol. The minimum absolute atomic E-state index is 0.176. The molecule has 1 heterocycles. The van der Waals surface area contributed by atoms with E-state index in [1.807, 2.05) is 0 Å². The van der Waals surface area contributed by atoms with Gasteiger partial charge in [-0.2, -0.15) is 0 Å². The molecule has 0 bridgehead atoms. The molecular weight excluding hydrogens is 156 g/mol. The molecule has 0 aromatic carbocycles. The van der Waals surface area contributed by atoms with Gasteiger partial charge in [0, 0.05) is 6.61 Å². The third-order valence-corrected chi connectivity index (χ3v) is 1.66. The van der Waals surface area contributed by atoms with E-state index in [9.17, 15) is 4.79 Å². The highest BCUT2D eigenvalue weighted by atomic mass is 16.6. The van der Waals surface area contributed by atoms with Crippen LogP contribution in [0.5, 0.6) is 0 Å². The summed E-state index contributed by atoms with van der Waals surface area (Å²) in [7, 11) is 0. The predicted molar refractivity (Wildman–Crippen MR) is 43.4 cm³/mol. The zero-order valence-corrected chi connectivity index (χ0v) is 7.13. The maximum absolute atomic E-state index is 11.1. The highest BCUT2D eigenvalue weighted by Crippen LogP contribution is 2.12. The Balaban J connectivity index is 2.21. The fraction of sp³-hybridized carbons (Fsp3) is 0.667. The monoisotopic (exact) mass is 168 g/mol. The zero-order chi connectivity index (χ0) is 8.81. The van der Waals surface area contributed by atoms with Crippen molar-refractivity contribution in [2.75, 3.05) is 13.2 Å². The maximum atomic E-state index is 11.1. The lowest BCUT2D eigenvalue weighted by Crippen LogP contribution is -2.22. The molecule has 3 nitrogen and oxygen atoms in total. The molecule has 66 valence electrons. The van der Waals surface area contributed by atoms with Gasteiger partial charge in [0.1, 0.15) is 0 Å². The van der Waals surface area contributed by atoms with E-state index in [-0.39, 0.29) is 18.7 Å². The van der Waals surface area contributed by atoms with Gasteiger partial charge in [-0.1, -0.05) is 5.92 Å². The largest absolute Gasteiger partial charge is 0.451 e. The molecule has 3 heteroatoms. The van der Waals surface area contributed by atoms with E-state index in [1.54, 1.807) is 6.92 Å². The van der Waals surface area contributed by atoms with Crippen LogP contribution in [0.15, 0.2) is 0 Å². The standard InChI is InChI=1S/C9H12O3/c1-2-3-6-12-9(10)8-5-4-7-11-8/h8H,4-7H2,1H3/t8-/m1/s1. The van der Waals surface area contributed by atoms with Gasteiger partial charge in [0.15, 0.2) is 12.7 Å². The molecule has 1 rings (SSSR count). The molecule has 1 atom stereocenters. The normalized spacial score (nSPS) is 21.2. The molecule has 0 N–H and O–H groups in total. The van der Waals surface area contributed by atoms with Crippen molar-refractivity contribution in [3.05, 3.63) is 0 Å². The Labute approximate surface area is 72.0 Å². The van der Waals surface area contributed by atoms with Crippen molar-refractivity contribution in [2.24, 2.45) is 0 Å². The fourth-order valence-corrected chi connectivity index (χ4v) is 1.04. The Kier molecular flexibility index (Phi) is 3.62. The van der Waals surface area contributed by atoms with Crippen LogP contribution in [0.25, 0.3) is 0 Å². The second-order valence-electron chi connectivity index (χ2n) is 2.54. The SMILES string of the molecule is CC#CCOC(=O)[C@H]1CCCO1. The van der Waals surface area contributed by atoms with Gasteiger partial charge in [-0.05, 0) is 19.8 Å². The number of carbonyl (C=O) groups is 1. The van der Waals surface area contributed by atoms with E-state index >= 15 is 0 Å². The summed E-state index contributed by atoms with van der Waals surface area (Å²) in [6, 6.07) is 0. The van der Waals surface area contributed by atoms with Crippen LogP contribution in [0.3, 0.4) is 0 Å². The summed E-state index contributed by atoms with van der Waals surface area (Å²) in [5.74, 6) is 5.02. The molecule has 0 spiro atoms. The van der Waals surface area contributed by atoms with E-state index in [1.165, 1.54) is 0 Å². The van der Waals surface area contributed by atoms with Crippen LogP contribution in [-0.4, -0.2) is 25.3 Å². The van der Waals surface area contributed by atoms with Gasteiger partial charge < -0.3 is 9.47 Å². The van der Waals surface area contributed by atoms with Crippen molar-refractivity contribution in [3.63, 3.8) is 0 Å². The number of hydrogen-bond donors (Lipinski definition) is 0.